The van der Waals surface area contributed by atoms with Crippen LogP contribution in [0.4, 0.5) is 11.4 Å². The van der Waals surface area contributed by atoms with Gasteiger partial charge in [0.15, 0.2) is 0 Å². The highest BCUT2D eigenvalue weighted by Gasteiger charge is 2.13. The molecular formula is C9H10N4O2. The average Bonchev–Trinajstić information content (AvgIpc) is 2.25. The van der Waals surface area contributed by atoms with E-state index >= 15 is 0 Å². The van der Waals surface area contributed by atoms with E-state index in [1.165, 1.54) is 12.1 Å². The first-order valence-corrected chi connectivity index (χ1v) is 4.31. The van der Waals surface area contributed by atoms with Crippen molar-refractivity contribution in [3.05, 3.63) is 33.9 Å². The van der Waals surface area contributed by atoms with Gasteiger partial charge < -0.3 is 11.1 Å². The highest BCUT2D eigenvalue weighted by atomic mass is 16.6. The van der Waals surface area contributed by atoms with Crippen LogP contribution in [0, 0.1) is 21.4 Å². The molecule has 0 unspecified atom stereocenters. The van der Waals surface area contributed by atoms with Gasteiger partial charge in [0.25, 0.3) is 5.69 Å². The van der Waals surface area contributed by atoms with Crippen molar-refractivity contribution in [1.82, 2.24) is 0 Å². The zero-order chi connectivity index (χ0) is 11.3. The number of anilines is 1. The van der Waals surface area contributed by atoms with Crippen LogP contribution >= 0.6 is 0 Å². The van der Waals surface area contributed by atoms with Crippen LogP contribution in [0.15, 0.2) is 18.2 Å². The van der Waals surface area contributed by atoms with E-state index in [1.807, 2.05) is 0 Å². The van der Waals surface area contributed by atoms with Gasteiger partial charge in [-0.1, -0.05) is 0 Å². The van der Waals surface area contributed by atoms with E-state index in [2.05, 4.69) is 5.32 Å². The third-order valence-electron chi connectivity index (χ3n) is 1.79. The zero-order valence-corrected chi connectivity index (χ0v) is 7.93. The Labute approximate surface area is 86.5 Å². The summed E-state index contributed by atoms with van der Waals surface area (Å²) in [5.41, 5.74) is 5.80. The number of nitrogens with one attached hydrogen (secondary N) is 1. The molecule has 1 rings (SSSR count). The van der Waals surface area contributed by atoms with Gasteiger partial charge in [0.1, 0.15) is 11.6 Å². The predicted octanol–water partition coefficient (Wildman–Crippen LogP) is 0.837. The summed E-state index contributed by atoms with van der Waals surface area (Å²) in [5, 5.41) is 22.2. The maximum Gasteiger partial charge on any atom is 0.287 e. The first-order valence-electron chi connectivity index (χ1n) is 4.31. The molecule has 0 spiro atoms. The summed E-state index contributed by atoms with van der Waals surface area (Å²) in [6, 6.07) is 6.07. The van der Waals surface area contributed by atoms with Crippen LogP contribution in [0.2, 0.25) is 0 Å². The highest BCUT2D eigenvalue weighted by Crippen LogP contribution is 2.21. The predicted molar refractivity (Wildman–Crippen MR) is 55.4 cm³/mol. The summed E-state index contributed by atoms with van der Waals surface area (Å²) in [5.74, 6) is 0. The normalized spacial score (nSPS) is 9.33. The lowest BCUT2D eigenvalue weighted by molar-refractivity contribution is -0.385. The maximum atomic E-state index is 10.5. The lowest BCUT2D eigenvalue weighted by atomic mass is 10.2. The molecule has 0 aliphatic heterocycles. The smallest absolute Gasteiger partial charge is 0.287 e. The number of hydrogen-bond acceptors (Lipinski definition) is 5. The van der Waals surface area contributed by atoms with Gasteiger partial charge in [-0.2, -0.15) is 5.26 Å². The van der Waals surface area contributed by atoms with Crippen molar-refractivity contribution in [1.29, 1.82) is 5.26 Å². The van der Waals surface area contributed by atoms with Crippen LogP contribution in [0.25, 0.3) is 0 Å². The minimum absolute atomic E-state index is 0.0435. The van der Waals surface area contributed by atoms with Gasteiger partial charge >= 0.3 is 0 Å². The molecule has 1 aromatic carbocycles. The molecule has 15 heavy (non-hydrogen) atoms. The molecule has 0 atom stereocenters. The van der Waals surface area contributed by atoms with Crippen LogP contribution < -0.4 is 11.1 Å². The van der Waals surface area contributed by atoms with Crippen LogP contribution in [0.1, 0.15) is 5.56 Å². The van der Waals surface area contributed by atoms with Crippen molar-refractivity contribution in [3.63, 3.8) is 0 Å². The molecule has 0 amide bonds. The molecule has 78 valence electrons. The highest BCUT2D eigenvalue weighted by molar-refractivity contribution is 5.58. The number of nitrogens with two attached hydrogens (primary N) is 1. The number of rotatable bonds is 4. The van der Waals surface area contributed by atoms with Crippen molar-refractivity contribution in [2.45, 2.75) is 0 Å². The largest absolute Gasteiger partial charge is 0.384 e. The van der Waals surface area contributed by atoms with E-state index in [0.29, 0.717) is 18.8 Å². The Morgan fingerprint density at radius 1 is 1.60 bits per heavy atom. The fourth-order valence-electron chi connectivity index (χ4n) is 1.11. The standard InChI is InChI=1S/C9H10N4O2/c10-3-4-12-8-1-2-9(13(14)15)7(5-8)6-11/h1-2,5,12H,3-4,10H2. The maximum absolute atomic E-state index is 10.5. The van der Waals surface area contributed by atoms with Crippen LogP contribution in [0.3, 0.4) is 0 Å². The van der Waals surface area contributed by atoms with Gasteiger partial charge in [-0.25, -0.2) is 0 Å². The van der Waals surface area contributed by atoms with E-state index in [4.69, 9.17) is 11.0 Å². The summed E-state index contributed by atoms with van der Waals surface area (Å²) in [6.45, 7) is 1.02. The molecule has 0 aliphatic rings. The minimum atomic E-state index is -0.578. The molecule has 0 heterocycles. The molecule has 0 radical (unpaired) electrons. The topological polar surface area (TPSA) is 105 Å². The van der Waals surface area contributed by atoms with Gasteiger partial charge in [-0.05, 0) is 12.1 Å². The summed E-state index contributed by atoms with van der Waals surface area (Å²) in [6.07, 6.45) is 0. The van der Waals surface area contributed by atoms with Crippen molar-refractivity contribution in [3.8, 4) is 6.07 Å². The molecule has 0 aliphatic carbocycles. The van der Waals surface area contributed by atoms with E-state index in [0.717, 1.165) is 0 Å². The molecule has 3 N–H and O–H groups in total. The molecule has 6 heteroatoms. The lowest BCUT2D eigenvalue weighted by Gasteiger charge is -2.04. The Hall–Kier alpha value is -2.13. The van der Waals surface area contributed by atoms with Crippen molar-refractivity contribution >= 4 is 11.4 Å². The number of nitro groups is 1. The Bertz CT molecular complexity index is 411. The van der Waals surface area contributed by atoms with Crippen LogP contribution in [-0.4, -0.2) is 18.0 Å². The molecule has 1 aromatic rings. The SMILES string of the molecule is N#Cc1cc(NCCN)ccc1[N+](=O)[O-]. The molecule has 0 aromatic heterocycles. The second-order valence-corrected chi connectivity index (χ2v) is 2.82. The molecular weight excluding hydrogens is 196 g/mol. The minimum Gasteiger partial charge on any atom is -0.384 e. The van der Waals surface area contributed by atoms with Gasteiger partial charge in [0, 0.05) is 24.8 Å². The Morgan fingerprint density at radius 3 is 2.87 bits per heavy atom. The molecule has 0 fully saturated rings. The second-order valence-electron chi connectivity index (χ2n) is 2.82. The number of benzene rings is 1. The summed E-state index contributed by atoms with van der Waals surface area (Å²) >= 11 is 0. The van der Waals surface area contributed by atoms with Gasteiger partial charge in [0.2, 0.25) is 0 Å². The summed E-state index contributed by atoms with van der Waals surface area (Å²) in [7, 11) is 0. The zero-order valence-electron chi connectivity index (χ0n) is 7.93. The number of nitro benzene ring substituents is 1. The molecule has 6 nitrogen and oxygen atoms in total. The van der Waals surface area contributed by atoms with Crippen molar-refractivity contribution < 1.29 is 4.92 Å². The van der Waals surface area contributed by atoms with Crippen molar-refractivity contribution in [2.75, 3.05) is 18.4 Å². The van der Waals surface area contributed by atoms with Gasteiger partial charge in [0.05, 0.1) is 4.92 Å². The van der Waals surface area contributed by atoms with E-state index < -0.39 is 4.92 Å². The average molecular weight is 206 g/mol. The van der Waals surface area contributed by atoms with E-state index in [-0.39, 0.29) is 11.3 Å². The first-order chi connectivity index (χ1) is 7.19. The summed E-state index contributed by atoms with van der Waals surface area (Å²) < 4.78 is 0. The van der Waals surface area contributed by atoms with Crippen molar-refractivity contribution in [2.24, 2.45) is 5.73 Å². The first kappa shape index (κ1) is 10.9. The van der Waals surface area contributed by atoms with E-state index in [9.17, 15) is 10.1 Å². The Kier molecular flexibility index (Phi) is 3.60. The second kappa shape index (κ2) is 4.93. The Balaban J connectivity index is 2.98. The van der Waals surface area contributed by atoms with Crippen LogP contribution in [0.5, 0.6) is 0 Å². The number of nitriles is 1. The van der Waals surface area contributed by atoms with Gasteiger partial charge in [-0.15, -0.1) is 0 Å². The third kappa shape index (κ3) is 2.65. The fraction of sp³-hybridized carbons (Fsp3) is 0.222. The van der Waals surface area contributed by atoms with Crippen LogP contribution in [-0.2, 0) is 0 Å². The monoisotopic (exact) mass is 206 g/mol. The van der Waals surface area contributed by atoms with E-state index in [1.54, 1.807) is 12.1 Å². The molecule has 0 saturated carbocycles. The number of hydrogen-bond donors (Lipinski definition) is 2. The Morgan fingerprint density at radius 2 is 2.33 bits per heavy atom. The molecule has 0 bridgehead atoms. The van der Waals surface area contributed by atoms with Gasteiger partial charge in [-0.3, -0.25) is 10.1 Å². The lowest BCUT2D eigenvalue weighted by Crippen LogP contribution is -2.13. The fourth-order valence-corrected chi connectivity index (χ4v) is 1.11. The number of nitrogens with zero attached hydrogens (tertiary/aromatic N) is 2. The summed E-state index contributed by atoms with van der Waals surface area (Å²) in [4.78, 5) is 9.94. The quantitative estimate of drug-likeness (QED) is 0.560. The third-order valence-corrected chi connectivity index (χ3v) is 1.79. The molecule has 0 saturated heterocycles.